The second-order valence-corrected chi connectivity index (χ2v) is 6.55. The van der Waals surface area contributed by atoms with Gasteiger partial charge in [-0.3, -0.25) is 0 Å². The van der Waals surface area contributed by atoms with Crippen LogP contribution in [0.2, 0.25) is 0 Å². The first-order valence-electron chi connectivity index (χ1n) is 10.4. The van der Waals surface area contributed by atoms with Gasteiger partial charge in [0.1, 0.15) is 0 Å². The Hall–Kier alpha value is -0.226. The van der Waals surface area contributed by atoms with Gasteiger partial charge in [0, 0.05) is 17.9 Å². The summed E-state index contributed by atoms with van der Waals surface area (Å²) in [5, 5.41) is 29.6. The summed E-state index contributed by atoms with van der Waals surface area (Å²) in [6.45, 7) is 6.29. The molecular formula is C21H39O6Pr. The van der Waals surface area contributed by atoms with E-state index >= 15 is 0 Å². The molecule has 0 aromatic carbocycles. The number of hydrogen-bond donors (Lipinski definition) is 0. The van der Waals surface area contributed by atoms with Crippen molar-refractivity contribution in [2.24, 2.45) is 0 Å². The first kappa shape index (κ1) is 35.2. The van der Waals surface area contributed by atoms with E-state index in [2.05, 4.69) is 20.8 Å². The zero-order valence-electron chi connectivity index (χ0n) is 18.1. The van der Waals surface area contributed by atoms with Crippen LogP contribution in [0.5, 0.6) is 0 Å². The van der Waals surface area contributed by atoms with Crippen LogP contribution in [0.3, 0.4) is 0 Å². The van der Waals surface area contributed by atoms with Crippen molar-refractivity contribution in [3.05, 3.63) is 0 Å². The topological polar surface area (TPSA) is 120 Å². The van der Waals surface area contributed by atoms with Gasteiger partial charge in [-0.15, -0.1) is 0 Å². The summed E-state index contributed by atoms with van der Waals surface area (Å²) in [7, 11) is 0. The van der Waals surface area contributed by atoms with Crippen LogP contribution < -0.4 is 15.3 Å². The van der Waals surface area contributed by atoms with Gasteiger partial charge in [-0.05, 0) is 38.5 Å². The van der Waals surface area contributed by atoms with Crippen LogP contribution in [0.1, 0.15) is 117 Å². The van der Waals surface area contributed by atoms with Crippen molar-refractivity contribution < 1.29 is 71.0 Å². The average molecular weight is 528 g/mol. The smallest absolute Gasteiger partial charge is 0.550 e. The van der Waals surface area contributed by atoms with Crippen molar-refractivity contribution in [3.8, 4) is 0 Å². The second-order valence-electron chi connectivity index (χ2n) is 6.55. The van der Waals surface area contributed by atoms with E-state index in [1.54, 1.807) is 0 Å². The third kappa shape index (κ3) is 50.1. The fraction of sp³-hybridized carbons (Fsp3) is 0.857. The molecule has 0 aromatic heterocycles. The summed E-state index contributed by atoms with van der Waals surface area (Å²) in [5.74, 6) is -2.77. The molecule has 0 spiro atoms. The molecule has 0 bridgehead atoms. The summed E-state index contributed by atoms with van der Waals surface area (Å²) < 4.78 is 0. The zero-order valence-corrected chi connectivity index (χ0v) is 21.8. The number of carboxylic acids is 3. The van der Waals surface area contributed by atoms with Crippen LogP contribution in [-0.2, 0) is 14.4 Å². The SMILES string of the molecule is CCCCCCC(=O)[O-].CCCCCCC(=O)[O-].CCCCCCC(=O)[O-].[Pr+3]. The molecule has 0 amide bonds. The fourth-order valence-electron chi connectivity index (χ4n) is 2.09. The van der Waals surface area contributed by atoms with Crippen molar-refractivity contribution in [1.82, 2.24) is 0 Å². The van der Waals surface area contributed by atoms with Gasteiger partial charge < -0.3 is 29.7 Å². The van der Waals surface area contributed by atoms with Crippen molar-refractivity contribution in [3.63, 3.8) is 0 Å². The van der Waals surface area contributed by atoms with Crippen LogP contribution in [0, 0.1) is 41.3 Å². The van der Waals surface area contributed by atoms with Crippen molar-refractivity contribution in [2.75, 3.05) is 0 Å². The molecule has 0 atom stereocenters. The number of aliphatic carboxylic acids is 3. The van der Waals surface area contributed by atoms with Crippen LogP contribution in [-0.4, -0.2) is 17.9 Å². The third-order valence-electron chi connectivity index (χ3n) is 3.70. The molecule has 162 valence electrons. The van der Waals surface area contributed by atoms with E-state index in [9.17, 15) is 29.7 Å². The minimum absolute atomic E-state index is 0. The van der Waals surface area contributed by atoms with Gasteiger partial charge in [0.15, 0.2) is 0 Å². The quantitative estimate of drug-likeness (QED) is 0.301. The Bertz CT molecular complexity index is 295. The molecule has 0 saturated heterocycles. The van der Waals surface area contributed by atoms with Gasteiger partial charge in [-0.25, -0.2) is 0 Å². The van der Waals surface area contributed by atoms with E-state index in [1.807, 2.05) is 0 Å². The maximum absolute atomic E-state index is 9.85. The molecule has 7 heteroatoms. The molecule has 0 fully saturated rings. The number of carbonyl (C=O) groups excluding carboxylic acids is 3. The molecule has 0 unspecified atom stereocenters. The maximum Gasteiger partial charge on any atom is 3.00 e. The molecule has 0 aliphatic heterocycles. The van der Waals surface area contributed by atoms with Gasteiger partial charge in [-0.2, -0.15) is 0 Å². The van der Waals surface area contributed by atoms with E-state index in [0.717, 1.165) is 77.0 Å². The van der Waals surface area contributed by atoms with Gasteiger partial charge in [0.2, 0.25) is 0 Å². The molecule has 6 nitrogen and oxygen atoms in total. The molecule has 28 heavy (non-hydrogen) atoms. The average Bonchev–Trinajstić information content (AvgIpc) is 2.60. The Labute approximate surface area is 204 Å². The Balaban J connectivity index is -0.000000152. The van der Waals surface area contributed by atoms with Crippen molar-refractivity contribution >= 4 is 17.9 Å². The second kappa shape index (κ2) is 31.5. The van der Waals surface area contributed by atoms with E-state index < -0.39 is 17.9 Å². The van der Waals surface area contributed by atoms with Gasteiger partial charge in [0.25, 0.3) is 0 Å². The number of carbonyl (C=O) groups is 3. The van der Waals surface area contributed by atoms with Crippen LogP contribution >= 0.6 is 0 Å². The largest absolute Gasteiger partial charge is 3.00 e. The van der Waals surface area contributed by atoms with E-state index in [1.165, 1.54) is 0 Å². The van der Waals surface area contributed by atoms with Crippen molar-refractivity contribution in [2.45, 2.75) is 117 Å². The summed E-state index contributed by atoms with van der Waals surface area (Å²) in [6, 6.07) is 0. The number of rotatable bonds is 15. The maximum atomic E-state index is 9.85. The molecule has 0 aliphatic carbocycles. The monoisotopic (exact) mass is 528 g/mol. The predicted octanol–water partition coefficient (Wildman–Crippen LogP) is 2.12. The van der Waals surface area contributed by atoms with Crippen LogP contribution in [0.15, 0.2) is 0 Å². The molecule has 0 saturated carbocycles. The van der Waals surface area contributed by atoms with Gasteiger partial charge in [-0.1, -0.05) is 78.6 Å². The molecule has 0 heterocycles. The van der Waals surface area contributed by atoms with Gasteiger partial charge in [0.05, 0.1) is 0 Å². The van der Waals surface area contributed by atoms with Crippen molar-refractivity contribution in [1.29, 1.82) is 0 Å². The Kier molecular flexibility index (Phi) is 39.6. The normalized spacial score (nSPS) is 9.11. The fourth-order valence-corrected chi connectivity index (χ4v) is 2.09. The van der Waals surface area contributed by atoms with Crippen LogP contribution in [0.4, 0.5) is 0 Å². The Morgan fingerprint density at radius 1 is 0.464 bits per heavy atom. The summed E-state index contributed by atoms with van der Waals surface area (Å²) in [6.07, 6.45) is 12.9. The standard InChI is InChI=1S/3C7H14O2.Pr/c3*1-2-3-4-5-6-7(8)9;/h3*2-6H2,1H3,(H,8,9);/q;;;+3/p-3. The van der Waals surface area contributed by atoms with E-state index in [0.29, 0.717) is 0 Å². The summed E-state index contributed by atoms with van der Waals surface area (Å²) in [4.78, 5) is 29.6. The number of unbranched alkanes of at least 4 members (excludes halogenated alkanes) is 9. The third-order valence-corrected chi connectivity index (χ3v) is 3.70. The van der Waals surface area contributed by atoms with Crippen LogP contribution in [0.25, 0.3) is 0 Å². The minimum Gasteiger partial charge on any atom is -0.550 e. The zero-order chi connectivity index (χ0) is 21.3. The Morgan fingerprint density at radius 2 is 0.679 bits per heavy atom. The number of hydrogen-bond acceptors (Lipinski definition) is 6. The molecule has 0 rings (SSSR count). The first-order valence-corrected chi connectivity index (χ1v) is 10.4. The molecular weight excluding hydrogens is 489 g/mol. The minimum atomic E-state index is -0.925. The predicted molar refractivity (Wildman–Crippen MR) is 101 cm³/mol. The van der Waals surface area contributed by atoms with E-state index in [-0.39, 0.29) is 60.6 Å². The molecule has 0 N–H and O–H groups in total. The summed E-state index contributed by atoms with van der Waals surface area (Å²) >= 11 is 0. The number of carboxylic acid groups (broad SMARTS) is 3. The Morgan fingerprint density at radius 3 is 0.821 bits per heavy atom. The molecule has 0 aliphatic rings. The molecule has 0 aromatic rings. The van der Waals surface area contributed by atoms with E-state index in [4.69, 9.17) is 0 Å². The summed E-state index contributed by atoms with van der Waals surface area (Å²) in [5.41, 5.74) is 0. The molecule has 0 radical (unpaired) electrons. The first-order chi connectivity index (χ1) is 12.8. The van der Waals surface area contributed by atoms with Gasteiger partial charge >= 0.3 is 41.3 Å².